The number of allylic oxidation sites excluding steroid dienone is 1. The van der Waals surface area contributed by atoms with Crippen LogP contribution >= 0.6 is 0 Å². The first-order valence-electron chi connectivity index (χ1n) is 30.7. The molecular formula is C68H93NO11. The highest BCUT2D eigenvalue weighted by Crippen LogP contribution is 2.38. The minimum absolute atomic E-state index is 0.0151. The van der Waals surface area contributed by atoms with E-state index in [0.29, 0.717) is 12.0 Å². The monoisotopic (exact) mass is 1100 g/mol. The summed E-state index contributed by atoms with van der Waals surface area (Å²) in [5.74, 6) is -2.15. The summed E-state index contributed by atoms with van der Waals surface area (Å²) in [6.07, 6.45) is 26.1. The van der Waals surface area contributed by atoms with E-state index in [1.165, 1.54) is 109 Å². The van der Waals surface area contributed by atoms with Gasteiger partial charge in [0.15, 0.2) is 24.8 Å². The topological polar surface area (TPSA) is 145 Å². The average Bonchev–Trinajstić information content (AvgIpc) is 3.54. The third kappa shape index (κ3) is 23.1. The maximum atomic E-state index is 14.2. The molecule has 6 rings (SSSR count). The van der Waals surface area contributed by atoms with Crippen molar-refractivity contribution in [2.75, 3.05) is 13.2 Å². The van der Waals surface area contributed by atoms with Crippen molar-refractivity contribution in [3.63, 3.8) is 0 Å². The lowest BCUT2D eigenvalue weighted by atomic mass is 9.96. The Morgan fingerprint density at radius 2 is 0.963 bits per heavy atom. The lowest BCUT2D eigenvalue weighted by Crippen LogP contribution is -2.64. The number of carbonyl (C=O) groups is 4. The second-order valence-electron chi connectivity index (χ2n) is 21.7. The van der Waals surface area contributed by atoms with Gasteiger partial charge in [0.2, 0.25) is 5.91 Å². The number of hydrogen-bond donors (Lipinski definition) is 1. The Morgan fingerprint density at radius 1 is 0.525 bits per heavy atom. The molecule has 8 atom stereocenters. The normalized spacial score (nSPS) is 19.6. The molecule has 2 fully saturated rings. The van der Waals surface area contributed by atoms with E-state index in [-0.39, 0.29) is 36.7 Å². The van der Waals surface area contributed by atoms with Gasteiger partial charge in [0.1, 0.15) is 18.3 Å². The third-order valence-electron chi connectivity index (χ3n) is 15.1. The van der Waals surface area contributed by atoms with Crippen LogP contribution in [0.2, 0.25) is 0 Å². The van der Waals surface area contributed by atoms with Gasteiger partial charge in [0, 0.05) is 12.0 Å². The maximum absolute atomic E-state index is 14.2. The molecule has 0 saturated carbocycles. The highest BCUT2D eigenvalue weighted by atomic mass is 16.8. The van der Waals surface area contributed by atoms with Gasteiger partial charge in [0.25, 0.3) is 0 Å². The number of fused-ring (bicyclic) bond motifs is 1. The molecule has 2 heterocycles. The van der Waals surface area contributed by atoms with E-state index in [2.05, 4.69) is 19.2 Å². The summed E-state index contributed by atoms with van der Waals surface area (Å²) in [5.41, 5.74) is 1.63. The first kappa shape index (κ1) is 63.5. The van der Waals surface area contributed by atoms with Gasteiger partial charge < -0.3 is 38.5 Å². The fraction of sp³-hybridized carbons (Fsp3) is 0.559. The van der Waals surface area contributed by atoms with Crippen LogP contribution in [0, 0.1) is 0 Å². The number of benzene rings is 4. The second-order valence-corrected chi connectivity index (χ2v) is 21.7. The first-order valence-corrected chi connectivity index (χ1v) is 30.7. The highest BCUT2D eigenvalue weighted by molar-refractivity contribution is 5.91. The Labute approximate surface area is 478 Å². The molecule has 0 spiro atoms. The van der Waals surface area contributed by atoms with E-state index in [1.807, 2.05) is 48.6 Å². The zero-order valence-electron chi connectivity index (χ0n) is 48.1. The predicted octanol–water partition coefficient (Wildman–Crippen LogP) is 15.7. The van der Waals surface area contributed by atoms with Crippen LogP contribution in [0.3, 0.4) is 0 Å². The van der Waals surface area contributed by atoms with Crippen molar-refractivity contribution in [1.82, 2.24) is 5.32 Å². The lowest BCUT2D eigenvalue weighted by molar-refractivity contribution is -0.360. The van der Waals surface area contributed by atoms with Crippen LogP contribution in [0.1, 0.15) is 224 Å². The van der Waals surface area contributed by atoms with Crippen molar-refractivity contribution in [3.05, 3.63) is 156 Å². The van der Waals surface area contributed by atoms with Crippen molar-refractivity contribution in [1.29, 1.82) is 0 Å². The van der Waals surface area contributed by atoms with Crippen LogP contribution in [0.15, 0.2) is 133 Å². The van der Waals surface area contributed by atoms with Crippen LogP contribution < -0.4 is 5.32 Å². The van der Waals surface area contributed by atoms with Gasteiger partial charge in [-0.1, -0.05) is 246 Å². The van der Waals surface area contributed by atoms with E-state index in [1.54, 1.807) is 84.9 Å². The molecule has 12 nitrogen and oxygen atoms in total. The number of esters is 3. The summed E-state index contributed by atoms with van der Waals surface area (Å²) < 4.78 is 45.3. The molecule has 1 amide bonds. The zero-order chi connectivity index (χ0) is 56.2. The Bertz CT molecular complexity index is 2330. The molecule has 0 aromatic heterocycles. The van der Waals surface area contributed by atoms with Crippen molar-refractivity contribution in [2.24, 2.45) is 0 Å². The van der Waals surface area contributed by atoms with Gasteiger partial charge in [-0.3, -0.25) is 4.79 Å². The molecule has 0 radical (unpaired) electrons. The molecule has 0 bridgehead atoms. The van der Waals surface area contributed by atoms with Gasteiger partial charge in [-0.2, -0.15) is 0 Å². The molecule has 436 valence electrons. The van der Waals surface area contributed by atoms with E-state index < -0.39 is 67.0 Å². The van der Waals surface area contributed by atoms with Crippen molar-refractivity contribution < 1.29 is 52.3 Å². The maximum Gasteiger partial charge on any atom is 0.338 e. The van der Waals surface area contributed by atoms with Crippen molar-refractivity contribution >= 4 is 23.8 Å². The highest BCUT2D eigenvalue weighted by Gasteiger charge is 2.54. The number of carbonyl (C=O) groups excluding carboxylic acids is 4. The predicted molar refractivity (Wildman–Crippen MR) is 314 cm³/mol. The number of rotatable bonds is 39. The first-order chi connectivity index (χ1) is 39.3. The largest absolute Gasteiger partial charge is 0.452 e. The quantitative estimate of drug-likeness (QED) is 0.0197. The zero-order valence-corrected chi connectivity index (χ0v) is 48.1. The molecule has 2 aliphatic heterocycles. The van der Waals surface area contributed by atoms with Gasteiger partial charge in [-0.25, -0.2) is 14.4 Å². The molecule has 0 aliphatic carbocycles. The summed E-state index contributed by atoms with van der Waals surface area (Å²) in [5, 5.41) is 3.19. The smallest absolute Gasteiger partial charge is 0.338 e. The number of ether oxygens (including phenoxy) is 7. The van der Waals surface area contributed by atoms with Gasteiger partial charge in [0.05, 0.1) is 35.9 Å². The summed E-state index contributed by atoms with van der Waals surface area (Å²) in [4.78, 5) is 56.4. The average molecular weight is 1100 g/mol. The number of nitrogens with one attached hydrogen (secondary N) is 1. The third-order valence-corrected chi connectivity index (χ3v) is 15.1. The summed E-state index contributed by atoms with van der Waals surface area (Å²) in [7, 11) is 0. The van der Waals surface area contributed by atoms with Gasteiger partial charge in [-0.15, -0.1) is 0 Å². The molecule has 80 heavy (non-hydrogen) atoms. The lowest BCUT2D eigenvalue weighted by Gasteiger charge is -2.48. The minimum Gasteiger partial charge on any atom is -0.452 e. The van der Waals surface area contributed by atoms with E-state index in [9.17, 15) is 19.2 Å². The van der Waals surface area contributed by atoms with Crippen molar-refractivity contribution in [2.45, 2.75) is 230 Å². The van der Waals surface area contributed by atoms with E-state index in [4.69, 9.17) is 33.2 Å². The molecule has 4 aromatic carbocycles. The van der Waals surface area contributed by atoms with Gasteiger partial charge in [-0.05, 0) is 61.7 Å². The number of hydrogen-bond acceptors (Lipinski definition) is 11. The van der Waals surface area contributed by atoms with Crippen LogP contribution in [-0.4, -0.2) is 79.9 Å². The Kier molecular flexibility index (Phi) is 30.3. The molecule has 1 N–H and O–H groups in total. The van der Waals surface area contributed by atoms with Crippen LogP contribution in [-0.2, 0) is 38.0 Å². The van der Waals surface area contributed by atoms with Crippen LogP contribution in [0.5, 0.6) is 0 Å². The van der Waals surface area contributed by atoms with E-state index in [0.717, 1.165) is 50.5 Å². The van der Waals surface area contributed by atoms with Crippen LogP contribution in [0.25, 0.3) is 0 Å². The van der Waals surface area contributed by atoms with E-state index >= 15 is 0 Å². The Morgan fingerprint density at radius 3 is 1.46 bits per heavy atom. The fourth-order valence-corrected chi connectivity index (χ4v) is 10.4. The minimum atomic E-state index is -1.39. The SMILES string of the molecule is CCCCCCCCCCCCCC=C[C@@H](OC(=O)c1ccccc1)[C@H](CO[C@H]1O[C@@H]2COC(c3ccccc3)O[C@H]2[C@H](OC(=O)c2ccccc2)[C@@H]1OC(=O)c1ccccc1)NC(=O)CCCCCCCCCCCCCCC. The Balaban J connectivity index is 1.22. The van der Waals surface area contributed by atoms with Crippen LogP contribution in [0.4, 0.5) is 0 Å². The second kappa shape index (κ2) is 38.1. The fourth-order valence-electron chi connectivity index (χ4n) is 10.4. The standard InChI is InChI=1S/C68H93NO11/c1-3-5-7-9-11-13-15-17-19-21-23-25-39-49-58(76-64(71)53-41-31-27-32-42-53)57(69-60(70)50-40-26-24-22-20-18-16-14-12-10-8-6-4-2)51-74-68-63(79-66(73)55-45-35-29-36-46-55)62(78-65(72)54-43-33-28-34-44-54)61-59(77-68)52-75-67(80-61)56-47-37-30-38-48-56/h27-39,41-49,57-59,61-63,67-68H,3-26,40,50-52H2,1-2H3,(H,69,70)/t57-,58+,59+,61+,62-,63-,67?,68-/m0/s1. The summed E-state index contributed by atoms with van der Waals surface area (Å²) in [6, 6.07) is 34.3. The van der Waals surface area contributed by atoms with Gasteiger partial charge >= 0.3 is 17.9 Å². The molecule has 1 unspecified atom stereocenters. The van der Waals surface area contributed by atoms with Crippen molar-refractivity contribution in [3.8, 4) is 0 Å². The Hall–Kier alpha value is -5.66. The molecule has 12 heteroatoms. The summed E-state index contributed by atoms with van der Waals surface area (Å²) in [6.45, 7) is 4.26. The molecule has 2 aliphatic rings. The molecule has 4 aromatic rings. The number of unbranched alkanes of at least 4 members (excludes halogenated alkanes) is 23. The molecule has 2 saturated heterocycles. The number of amides is 1. The molecular weight excluding hydrogens is 1010 g/mol. The summed E-state index contributed by atoms with van der Waals surface area (Å²) >= 11 is 0.